The standard InChI is InChI=1S/C34H46N4O7/c1-23(2)21-28-33(42)38(3)19-11-4-5-12-20-45-29-16-10-9-15-25(29)31(40)36-26(34(43)44)17-18-30(39)35-27(32(41)37-28)22-24-13-7-6-8-14-24/h6-10,13-16,23,26-28H,4-5,11-12,17-22H2,1-3H3,(H,35,39)(H,36,40)(H,37,41)(H,43,44)/t26-,27-,28-/m0/s1. The summed E-state index contributed by atoms with van der Waals surface area (Å²) < 4.78 is 5.87. The van der Waals surface area contributed by atoms with Crippen LogP contribution in [0.4, 0.5) is 0 Å². The van der Waals surface area contributed by atoms with Crippen molar-refractivity contribution in [2.75, 3.05) is 20.2 Å². The van der Waals surface area contributed by atoms with Gasteiger partial charge in [0.1, 0.15) is 23.9 Å². The largest absolute Gasteiger partial charge is 0.493 e. The van der Waals surface area contributed by atoms with Crippen LogP contribution in [-0.4, -0.2) is 77.9 Å². The molecule has 0 bridgehead atoms. The first kappa shape index (κ1) is 35.1. The minimum atomic E-state index is -1.35. The van der Waals surface area contributed by atoms with E-state index in [9.17, 15) is 29.1 Å². The molecule has 4 amide bonds. The number of carbonyl (C=O) groups excluding carboxylic acids is 4. The van der Waals surface area contributed by atoms with Gasteiger partial charge < -0.3 is 30.7 Å². The van der Waals surface area contributed by atoms with E-state index < -0.39 is 41.8 Å². The quantitative estimate of drug-likeness (QED) is 0.399. The fourth-order valence-electron chi connectivity index (χ4n) is 5.20. The lowest BCUT2D eigenvalue weighted by Gasteiger charge is -2.28. The van der Waals surface area contributed by atoms with Crippen molar-refractivity contribution in [1.29, 1.82) is 0 Å². The summed E-state index contributed by atoms with van der Waals surface area (Å²) in [6.07, 6.45) is 3.36. The zero-order valence-electron chi connectivity index (χ0n) is 26.4. The van der Waals surface area contributed by atoms with E-state index in [1.165, 1.54) is 0 Å². The SMILES string of the molecule is CC(C)C[C@@H]1NC(=O)[C@H](Cc2ccccc2)NC(=O)CC[C@@H](C(=O)O)NC(=O)c2ccccc2OCCCCCCN(C)C1=O. The number of nitrogens with one attached hydrogen (secondary N) is 3. The molecular formula is C34H46N4O7. The fourth-order valence-corrected chi connectivity index (χ4v) is 5.20. The molecule has 3 atom stereocenters. The van der Waals surface area contributed by atoms with E-state index >= 15 is 0 Å². The molecule has 0 fully saturated rings. The number of hydrogen-bond acceptors (Lipinski definition) is 6. The van der Waals surface area contributed by atoms with Gasteiger partial charge in [-0.2, -0.15) is 0 Å². The van der Waals surface area contributed by atoms with E-state index in [4.69, 9.17) is 4.74 Å². The van der Waals surface area contributed by atoms with Crippen molar-refractivity contribution < 1.29 is 33.8 Å². The Morgan fingerprint density at radius 3 is 2.31 bits per heavy atom. The molecule has 2 aromatic carbocycles. The van der Waals surface area contributed by atoms with Crippen molar-refractivity contribution in [3.63, 3.8) is 0 Å². The molecule has 1 aliphatic heterocycles. The van der Waals surface area contributed by atoms with Gasteiger partial charge in [0.2, 0.25) is 17.7 Å². The molecule has 2 aromatic rings. The molecule has 1 aliphatic rings. The van der Waals surface area contributed by atoms with E-state index in [1.54, 1.807) is 36.2 Å². The third kappa shape index (κ3) is 11.6. The van der Waals surface area contributed by atoms with Gasteiger partial charge in [-0.15, -0.1) is 0 Å². The molecule has 4 N–H and O–H groups in total. The molecule has 0 aliphatic carbocycles. The predicted octanol–water partition coefficient (Wildman–Crippen LogP) is 3.32. The monoisotopic (exact) mass is 622 g/mol. The van der Waals surface area contributed by atoms with Gasteiger partial charge >= 0.3 is 5.97 Å². The van der Waals surface area contributed by atoms with E-state index in [0.717, 1.165) is 31.2 Å². The highest BCUT2D eigenvalue weighted by molar-refractivity contribution is 5.99. The summed E-state index contributed by atoms with van der Waals surface area (Å²) in [6.45, 7) is 4.85. The smallest absolute Gasteiger partial charge is 0.326 e. The molecule has 11 heteroatoms. The second-order valence-corrected chi connectivity index (χ2v) is 11.9. The van der Waals surface area contributed by atoms with Gasteiger partial charge in [-0.3, -0.25) is 19.2 Å². The Balaban J connectivity index is 1.86. The topological polar surface area (TPSA) is 154 Å². The number of carboxylic acid groups (broad SMARTS) is 1. The van der Waals surface area contributed by atoms with Crippen LogP contribution in [-0.2, 0) is 25.6 Å². The highest BCUT2D eigenvalue weighted by Gasteiger charge is 2.30. The number of carbonyl (C=O) groups is 5. The molecule has 45 heavy (non-hydrogen) atoms. The first-order valence-electron chi connectivity index (χ1n) is 15.7. The second kappa shape index (κ2) is 17.8. The molecule has 244 valence electrons. The number of para-hydroxylation sites is 1. The maximum Gasteiger partial charge on any atom is 0.326 e. The third-order valence-electron chi connectivity index (χ3n) is 7.67. The third-order valence-corrected chi connectivity index (χ3v) is 7.67. The van der Waals surface area contributed by atoms with Crippen LogP contribution in [0, 0.1) is 5.92 Å². The normalized spacial score (nSPS) is 21.7. The van der Waals surface area contributed by atoms with Crippen molar-refractivity contribution >= 4 is 29.6 Å². The van der Waals surface area contributed by atoms with Crippen molar-refractivity contribution in [2.24, 2.45) is 5.92 Å². The highest BCUT2D eigenvalue weighted by atomic mass is 16.5. The molecule has 3 rings (SSSR count). The minimum absolute atomic E-state index is 0.127. The number of aliphatic carboxylic acids is 1. The van der Waals surface area contributed by atoms with E-state index in [2.05, 4.69) is 16.0 Å². The summed E-state index contributed by atoms with van der Waals surface area (Å²) in [6, 6.07) is 12.7. The maximum absolute atomic E-state index is 13.6. The molecular weight excluding hydrogens is 576 g/mol. The van der Waals surface area contributed by atoms with Crippen LogP contribution < -0.4 is 20.7 Å². The summed E-state index contributed by atoms with van der Waals surface area (Å²) in [7, 11) is 1.73. The van der Waals surface area contributed by atoms with Crippen molar-refractivity contribution in [2.45, 2.75) is 83.3 Å². The lowest BCUT2D eigenvalue weighted by Crippen LogP contribution is -2.55. The Hall–Kier alpha value is -4.41. The Morgan fingerprint density at radius 1 is 0.911 bits per heavy atom. The number of likely N-dealkylation sites (N-methyl/N-ethyl adjacent to an activating group) is 1. The van der Waals surface area contributed by atoms with Gasteiger partial charge in [-0.05, 0) is 49.3 Å². The zero-order valence-corrected chi connectivity index (χ0v) is 26.4. The molecule has 0 saturated heterocycles. The van der Waals surface area contributed by atoms with E-state index in [1.807, 2.05) is 44.2 Å². The van der Waals surface area contributed by atoms with Crippen LogP contribution in [0.25, 0.3) is 0 Å². The summed E-state index contributed by atoms with van der Waals surface area (Å²) >= 11 is 0. The minimum Gasteiger partial charge on any atom is -0.493 e. The van der Waals surface area contributed by atoms with Crippen LogP contribution in [0.5, 0.6) is 5.75 Å². The Kier molecular flexibility index (Phi) is 13.9. The molecule has 11 nitrogen and oxygen atoms in total. The van der Waals surface area contributed by atoms with Crippen LogP contribution in [0.1, 0.15) is 74.7 Å². The summed E-state index contributed by atoms with van der Waals surface area (Å²) in [4.78, 5) is 66.9. The second-order valence-electron chi connectivity index (χ2n) is 11.9. The highest BCUT2D eigenvalue weighted by Crippen LogP contribution is 2.19. The van der Waals surface area contributed by atoms with Crippen LogP contribution in [0.2, 0.25) is 0 Å². The zero-order chi connectivity index (χ0) is 32.8. The van der Waals surface area contributed by atoms with Crippen LogP contribution >= 0.6 is 0 Å². The van der Waals surface area contributed by atoms with Crippen molar-refractivity contribution in [1.82, 2.24) is 20.9 Å². The molecule has 0 aromatic heterocycles. The molecule has 0 radical (unpaired) electrons. The Bertz CT molecular complexity index is 1300. The number of ether oxygens (including phenoxy) is 1. The van der Waals surface area contributed by atoms with Gasteiger partial charge in [-0.1, -0.05) is 69.2 Å². The molecule has 1 heterocycles. The molecule has 0 unspecified atom stereocenters. The van der Waals surface area contributed by atoms with Gasteiger partial charge in [0.05, 0.1) is 12.2 Å². The van der Waals surface area contributed by atoms with Gasteiger partial charge in [0.15, 0.2) is 0 Å². The maximum atomic E-state index is 13.6. The first-order valence-corrected chi connectivity index (χ1v) is 15.7. The van der Waals surface area contributed by atoms with Crippen molar-refractivity contribution in [3.8, 4) is 5.75 Å². The average molecular weight is 623 g/mol. The number of benzene rings is 2. The predicted molar refractivity (Wildman–Crippen MR) is 170 cm³/mol. The number of amides is 4. The number of hydrogen-bond donors (Lipinski definition) is 4. The number of fused-ring (bicyclic) bond motifs is 1. The first-order chi connectivity index (χ1) is 21.5. The summed E-state index contributed by atoms with van der Waals surface area (Å²) in [5, 5.41) is 17.9. The van der Waals surface area contributed by atoms with Gasteiger partial charge in [-0.25, -0.2) is 4.79 Å². The van der Waals surface area contributed by atoms with E-state index in [-0.39, 0.29) is 36.7 Å². The van der Waals surface area contributed by atoms with Crippen LogP contribution in [0.15, 0.2) is 54.6 Å². The summed E-state index contributed by atoms with van der Waals surface area (Å²) in [5.74, 6) is -2.68. The summed E-state index contributed by atoms with van der Waals surface area (Å²) in [5.41, 5.74) is 1.01. The van der Waals surface area contributed by atoms with E-state index in [0.29, 0.717) is 25.3 Å². The lowest BCUT2D eigenvalue weighted by atomic mass is 10.0. The number of nitrogens with zero attached hydrogens (tertiary/aromatic N) is 1. The average Bonchev–Trinajstić information content (AvgIpc) is 3.01. The van der Waals surface area contributed by atoms with Crippen LogP contribution in [0.3, 0.4) is 0 Å². The fraction of sp³-hybridized carbons (Fsp3) is 0.500. The molecule has 0 saturated carbocycles. The van der Waals surface area contributed by atoms with Gasteiger partial charge in [0, 0.05) is 26.4 Å². The van der Waals surface area contributed by atoms with Crippen molar-refractivity contribution in [3.05, 3.63) is 65.7 Å². The number of carboxylic acids is 1. The number of rotatable bonds is 5. The molecule has 0 spiro atoms. The van der Waals surface area contributed by atoms with Gasteiger partial charge in [0.25, 0.3) is 5.91 Å². The lowest BCUT2D eigenvalue weighted by molar-refractivity contribution is -0.139. The Morgan fingerprint density at radius 2 is 1.60 bits per heavy atom. The Labute approximate surface area is 265 Å².